The molecule has 2 N–H and O–H groups in total. The largest absolute Gasteiger partial charge is 0.477 e. The van der Waals surface area contributed by atoms with Gasteiger partial charge in [-0.05, 0) is 59.9 Å². The lowest BCUT2D eigenvalue weighted by Crippen LogP contribution is -2.36. The maximum atomic E-state index is 13.5. The zero-order valence-corrected chi connectivity index (χ0v) is 17.2. The molecule has 0 spiro atoms. The standard InChI is InChI=1S/C21H27FN4OS/c1-23-21(26-12-17-5-6-19(22)10-18(17)14-28-2)25-11-16-7-8-24-20(9-16)27-13-15-3-4-15/h5-10,15H,3-4,11-14H2,1-2H3,(H2,23,25,26). The van der Waals surface area contributed by atoms with Crippen molar-refractivity contribution in [3.05, 3.63) is 59.0 Å². The number of ether oxygens (including phenoxy) is 1. The Hall–Kier alpha value is -2.28. The molecule has 0 unspecified atom stereocenters. The number of benzene rings is 1. The smallest absolute Gasteiger partial charge is 0.213 e. The van der Waals surface area contributed by atoms with Crippen LogP contribution in [0.4, 0.5) is 4.39 Å². The molecule has 0 aliphatic heterocycles. The number of thioether (sulfide) groups is 1. The quantitative estimate of drug-likeness (QED) is 0.494. The van der Waals surface area contributed by atoms with Gasteiger partial charge >= 0.3 is 0 Å². The zero-order valence-electron chi connectivity index (χ0n) is 16.4. The number of aromatic nitrogens is 1. The van der Waals surface area contributed by atoms with Crippen LogP contribution in [0.25, 0.3) is 0 Å². The Bertz CT molecular complexity index is 811. The van der Waals surface area contributed by atoms with Gasteiger partial charge in [0.1, 0.15) is 5.82 Å². The van der Waals surface area contributed by atoms with Gasteiger partial charge in [-0.1, -0.05) is 6.07 Å². The number of nitrogens with one attached hydrogen (secondary N) is 2. The molecule has 1 aromatic heterocycles. The summed E-state index contributed by atoms with van der Waals surface area (Å²) in [6, 6.07) is 8.84. The number of hydrogen-bond donors (Lipinski definition) is 2. The number of pyridine rings is 1. The van der Waals surface area contributed by atoms with Crippen molar-refractivity contribution in [1.29, 1.82) is 0 Å². The van der Waals surface area contributed by atoms with Crippen molar-refractivity contribution in [3.63, 3.8) is 0 Å². The van der Waals surface area contributed by atoms with Crippen molar-refractivity contribution in [2.45, 2.75) is 31.7 Å². The van der Waals surface area contributed by atoms with E-state index in [4.69, 9.17) is 4.74 Å². The highest BCUT2D eigenvalue weighted by Crippen LogP contribution is 2.29. The highest BCUT2D eigenvalue weighted by atomic mass is 32.2. The highest BCUT2D eigenvalue weighted by molar-refractivity contribution is 7.97. The lowest BCUT2D eigenvalue weighted by Gasteiger charge is -2.14. The third-order valence-electron chi connectivity index (χ3n) is 4.56. The fourth-order valence-electron chi connectivity index (χ4n) is 2.77. The minimum atomic E-state index is -0.201. The highest BCUT2D eigenvalue weighted by Gasteiger charge is 2.22. The monoisotopic (exact) mass is 402 g/mol. The van der Waals surface area contributed by atoms with Crippen molar-refractivity contribution in [3.8, 4) is 5.88 Å². The predicted octanol–water partition coefficient (Wildman–Crippen LogP) is 3.74. The summed E-state index contributed by atoms with van der Waals surface area (Å²) in [4.78, 5) is 8.54. The van der Waals surface area contributed by atoms with Crippen LogP contribution in [0.15, 0.2) is 41.5 Å². The molecular weight excluding hydrogens is 375 g/mol. The van der Waals surface area contributed by atoms with E-state index >= 15 is 0 Å². The summed E-state index contributed by atoms with van der Waals surface area (Å²) < 4.78 is 19.2. The topological polar surface area (TPSA) is 58.5 Å². The molecule has 1 aliphatic carbocycles. The van der Waals surface area contributed by atoms with Gasteiger partial charge in [-0.2, -0.15) is 11.8 Å². The van der Waals surface area contributed by atoms with Gasteiger partial charge in [0, 0.05) is 38.2 Å². The van der Waals surface area contributed by atoms with Gasteiger partial charge in [0.25, 0.3) is 0 Å². The minimum Gasteiger partial charge on any atom is -0.477 e. The second-order valence-corrected chi connectivity index (χ2v) is 7.75. The lowest BCUT2D eigenvalue weighted by atomic mass is 10.1. The molecule has 1 saturated carbocycles. The van der Waals surface area contributed by atoms with Crippen LogP contribution in [-0.2, 0) is 18.8 Å². The molecule has 150 valence electrons. The molecule has 2 aromatic rings. The first-order valence-electron chi connectivity index (χ1n) is 9.46. The Morgan fingerprint density at radius 3 is 2.79 bits per heavy atom. The van der Waals surface area contributed by atoms with Crippen LogP contribution in [0.1, 0.15) is 29.5 Å². The van der Waals surface area contributed by atoms with Gasteiger partial charge in [-0.25, -0.2) is 9.37 Å². The predicted molar refractivity (Wildman–Crippen MR) is 113 cm³/mol. The van der Waals surface area contributed by atoms with Crippen LogP contribution in [-0.4, -0.2) is 30.9 Å². The SMILES string of the molecule is CN=C(NCc1ccnc(OCC2CC2)c1)NCc1ccc(F)cc1CSC. The molecular formula is C21H27FN4OS. The summed E-state index contributed by atoms with van der Waals surface area (Å²) in [5.74, 6) is 2.64. The van der Waals surface area contributed by atoms with Gasteiger partial charge in [0.2, 0.25) is 5.88 Å². The Balaban J connectivity index is 1.51. The second-order valence-electron chi connectivity index (χ2n) is 6.88. The van der Waals surface area contributed by atoms with Crippen LogP contribution in [0.3, 0.4) is 0 Å². The number of nitrogens with zero attached hydrogens (tertiary/aromatic N) is 2. The van der Waals surface area contributed by atoms with Crippen molar-refractivity contribution < 1.29 is 9.13 Å². The summed E-state index contributed by atoms with van der Waals surface area (Å²) in [6.45, 7) is 1.95. The van der Waals surface area contributed by atoms with Gasteiger partial charge < -0.3 is 15.4 Å². The first-order chi connectivity index (χ1) is 13.7. The van der Waals surface area contributed by atoms with E-state index in [0.717, 1.165) is 29.1 Å². The van der Waals surface area contributed by atoms with E-state index in [2.05, 4.69) is 20.6 Å². The molecule has 0 bridgehead atoms. The van der Waals surface area contributed by atoms with Gasteiger partial charge in [0.15, 0.2) is 5.96 Å². The van der Waals surface area contributed by atoms with Crippen LogP contribution in [0, 0.1) is 11.7 Å². The van der Waals surface area contributed by atoms with Crippen LogP contribution in [0.5, 0.6) is 5.88 Å². The average molecular weight is 403 g/mol. The van der Waals surface area contributed by atoms with E-state index in [9.17, 15) is 4.39 Å². The summed E-state index contributed by atoms with van der Waals surface area (Å²) in [7, 11) is 1.74. The molecule has 0 amide bonds. The number of hydrogen-bond acceptors (Lipinski definition) is 4. The molecule has 5 nitrogen and oxygen atoms in total. The molecule has 0 saturated heterocycles. The molecule has 1 heterocycles. The van der Waals surface area contributed by atoms with Gasteiger partial charge in [-0.15, -0.1) is 0 Å². The fourth-order valence-corrected chi connectivity index (χ4v) is 3.35. The summed E-state index contributed by atoms with van der Waals surface area (Å²) in [5, 5.41) is 6.60. The Labute approximate surface area is 170 Å². The van der Waals surface area contributed by atoms with Crippen molar-refractivity contribution in [1.82, 2.24) is 15.6 Å². The van der Waals surface area contributed by atoms with E-state index in [-0.39, 0.29) is 5.82 Å². The summed E-state index contributed by atoms with van der Waals surface area (Å²) >= 11 is 1.68. The maximum absolute atomic E-state index is 13.5. The van der Waals surface area contributed by atoms with Crippen molar-refractivity contribution in [2.24, 2.45) is 10.9 Å². The second kappa shape index (κ2) is 10.3. The Morgan fingerprint density at radius 1 is 1.21 bits per heavy atom. The Morgan fingerprint density at radius 2 is 2.04 bits per heavy atom. The van der Waals surface area contributed by atoms with Crippen molar-refractivity contribution in [2.75, 3.05) is 19.9 Å². The number of halogens is 1. The zero-order chi connectivity index (χ0) is 19.8. The molecule has 0 atom stereocenters. The number of rotatable bonds is 9. The molecule has 7 heteroatoms. The van der Waals surface area contributed by atoms with E-state index < -0.39 is 0 Å². The van der Waals surface area contributed by atoms with Crippen LogP contribution >= 0.6 is 11.8 Å². The summed E-state index contributed by atoms with van der Waals surface area (Å²) in [6.07, 6.45) is 6.30. The average Bonchev–Trinajstić information content (AvgIpc) is 3.53. The third-order valence-corrected chi connectivity index (χ3v) is 5.16. The minimum absolute atomic E-state index is 0.201. The maximum Gasteiger partial charge on any atom is 0.213 e. The molecule has 1 aromatic carbocycles. The van der Waals surface area contributed by atoms with Gasteiger partial charge in [0.05, 0.1) is 6.61 Å². The molecule has 0 radical (unpaired) electrons. The first-order valence-corrected chi connectivity index (χ1v) is 10.9. The van der Waals surface area contributed by atoms with Crippen LogP contribution in [0.2, 0.25) is 0 Å². The lowest BCUT2D eigenvalue weighted by molar-refractivity contribution is 0.288. The van der Waals surface area contributed by atoms with E-state index in [1.807, 2.05) is 24.5 Å². The normalized spacial score (nSPS) is 14.0. The Kier molecular flexibility index (Phi) is 7.54. The summed E-state index contributed by atoms with van der Waals surface area (Å²) in [5.41, 5.74) is 3.15. The fraction of sp³-hybridized carbons (Fsp3) is 0.429. The van der Waals surface area contributed by atoms with E-state index in [1.54, 1.807) is 31.1 Å². The van der Waals surface area contributed by atoms with E-state index in [0.29, 0.717) is 30.8 Å². The first kappa shape index (κ1) is 20.5. The number of guanidine groups is 1. The molecule has 1 fully saturated rings. The van der Waals surface area contributed by atoms with Crippen LogP contribution < -0.4 is 15.4 Å². The van der Waals surface area contributed by atoms with Crippen molar-refractivity contribution >= 4 is 17.7 Å². The van der Waals surface area contributed by atoms with E-state index in [1.165, 1.54) is 18.9 Å². The van der Waals surface area contributed by atoms with Gasteiger partial charge in [-0.3, -0.25) is 4.99 Å². The third kappa shape index (κ3) is 6.41. The molecule has 1 aliphatic rings. The molecule has 28 heavy (non-hydrogen) atoms. The molecule has 3 rings (SSSR count). The number of aliphatic imine (C=N–C) groups is 1.